The number of rotatable bonds is 6. The molecular weight excluding hydrogens is 385 g/mol. The number of carbonyl (C=O) groups excluding carboxylic acids is 3. The molecule has 1 aromatic rings. The van der Waals surface area contributed by atoms with Crippen LogP contribution in [0.3, 0.4) is 0 Å². The van der Waals surface area contributed by atoms with Gasteiger partial charge >= 0.3 is 5.97 Å². The number of benzene rings is 1. The molecule has 3 heterocycles. The molecule has 0 aromatic heterocycles. The molecule has 3 aliphatic rings. The fourth-order valence-corrected chi connectivity index (χ4v) is 4.76. The van der Waals surface area contributed by atoms with Gasteiger partial charge in [0.15, 0.2) is 0 Å². The summed E-state index contributed by atoms with van der Waals surface area (Å²) in [5.41, 5.74) is -1.01. The molecule has 0 unspecified atom stereocenters. The van der Waals surface area contributed by atoms with Crippen molar-refractivity contribution < 1.29 is 33.4 Å². The van der Waals surface area contributed by atoms with Crippen LogP contribution in [0, 0.1) is 17.7 Å². The lowest BCUT2D eigenvalue weighted by Crippen LogP contribution is -2.53. The standard InChI is InChI=1S/C19H20FN3O6/c1-29-7-6-23-16(26)14-12(4-5-13(24)25)22-19(15(14)17(23)27)10-8-9(20)2-3-11(10)21-18(19)28/h2-3,8,12,14-15,22H,4-7H2,1H3,(H,21,28)(H,24,25)/t12-,14-,15-,19+/m0/s1. The van der Waals surface area contributed by atoms with Crippen LogP contribution in [0.1, 0.15) is 18.4 Å². The van der Waals surface area contributed by atoms with E-state index in [-0.39, 0.29) is 31.6 Å². The Morgan fingerprint density at radius 2 is 2.07 bits per heavy atom. The summed E-state index contributed by atoms with van der Waals surface area (Å²) in [5.74, 6) is -5.23. The van der Waals surface area contributed by atoms with E-state index in [2.05, 4.69) is 10.6 Å². The molecule has 154 valence electrons. The minimum Gasteiger partial charge on any atom is -0.481 e. The molecule has 1 aromatic carbocycles. The Balaban J connectivity index is 1.81. The topological polar surface area (TPSA) is 125 Å². The van der Waals surface area contributed by atoms with Gasteiger partial charge in [-0.3, -0.25) is 29.4 Å². The summed E-state index contributed by atoms with van der Waals surface area (Å²) in [6.45, 7) is 0.162. The molecular formula is C19H20FN3O6. The number of hydrogen-bond acceptors (Lipinski definition) is 6. The molecule has 0 aliphatic carbocycles. The van der Waals surface area contributed by atoms with Gasteiger partial charge in [-0.2, -0.15) is 0 Å². The number of carboxylic acid groups (broad SMARTS) is 1. The first kappa shape index (κ1) is 19.5. The van der Waals surface area contributed by atoms with E-state index in [4.69, 9.17) is 9.84 Å². The van der Waals surface area contributed by atoms with Gasteiger partial charge in [-0.25, -0.2) is 4.39 Å². The van der Waals surface area contributed by atoms with Crippen LogP contribution >= 0.6 is 0 Å². The summed E-state index contributed by atoms with van der Waals surface area (Å²) in [6.07, 6.45) is -0.193. The minimum absolute atomic E-state index is 0.0283. The molecule has 2 saturated heterocycles. The van der Waals surface area contributed by atoms with Crippen LogP contribution in [0.5, 0.6) is 0 Å². The number of aliphatic carboxylic acids is 1. The van der Waals surface area contributed by atoms with Gasteiger partial charge < -0.3 is 15.2 Å². The number of carbonyl (C=O) groups is 4. The van der Waals surface area contributed by atoms with E-state index in [1.807, 2.05) is 0 Å². The van der Waals surface area contributed by atoms with Crippen molar-refractivity contribution in [3.63, 3.8) is 0 Å². The smallest absolute Gasteiger partial charge is 0.303 e. The largest absolute Gasteiger partial charge is 0.481 e. The zero-order chi connectivity index (χ0) is 20.9. The maximum absolute atomic E-state index is 14.0. The number of nitrogens with one attached hydrogen (secondary N) is 2. The van der Waals surface area contributed by atoms with Gasteiger partial charge in [0.05, 0.1) is 25.0 Å². The SMILES string of the molecule is COCCN1C(=O)[C@H]2[C@H](CCC(=O)O)N[C@@]3(C(=O)Nc4ccc(F)cc43)[C@@H]2C1=O. The second-order valence-corrected chi connectivity index (χ2v) is 7.46. The summed E-state index contributed by atoms with van der Waals surface area (Å²) in [5, 5.41) is 14.8. The van der Waals surface area contributed by atoms with E-state index in [0.717, 1.165) is 4.90 Å². The predicted molar refractivity (Wildman–Crippen MR) is 96.1 cm³/mol. The fourth-order valence-electron chi connectivity index (χ4n) is 4.76. The number of halogens is 1. The van der Waals surface area contributed by atoms with Crippen molar-refractivity contribution >= 4 is 29.4 Å². The summed E-state index contributed by atoms with van der Waals surface area (Å²) in [7, 11) is 1.44. The lowest BCUT2D eigenvalue weighted by Gasteiger charge is -2.29. The Bertz CT molecular complexity index is 921. The highest BCUT2D eigenvalue weighted by Gasteiger charge is 2.70. The van der Waals surface area contributed by atoms with Crippen molar-refractivity contribution in [2.24, 2.45) is 11.8 Å². The Kier molecular flexibility index (Phi) is 4.62. The van der Waals surface area contributed by atoms with E-state index in [1.165, 1.54) is 25.3 Å². The highest BCUT2D eigenvalue weighted by molar-refractivity contribution is 6.15. The summed E-state index contributed by atoms with van der Waals surface area (Å²) < 4.78 is 19.0. The molecule has 29 heavy (non-hydrogen) atoms. The maximum atomic E-state index is 14.0. The lowest BCUT2D eigenvalue weighted by molar-refractivity contribution is -0.144. The summed E-state index contributed by atoms with van der Waals surface area (Å²) in [6, 6.07) is 3.05. The van der Waals surface area contributed by atoms with Crippen molar-refractivity contribution in [1.29, 1.82) is 0 Å². The number of ether oxygens (including phenoxy) is 1. The molecule has 1 spiro atoms. The maximum Gasteiger partial charge on any atom is 0.303 e. The number of fused-ring (bicyclic) bond motifs is 4. The molecule has 0 bridgehead atoms. The molecule has 4 rings (SSSR count). The average Bonchev–Trinajstić information content (AvgIpc) is 3.24. The van der Waals surface area contributed by atoms with Crippen molar-refractivity contribution in [1.82, 2.24) is 10.2 Å². The first-order valence-electron chi connectivity index (χ1n) is 9.26. The Hall–Kier alpha value is -2.85. The zero-order valence-electron chi connectivity index (χ0n) is 15.6. The van der Waals surface area contributed by atoms with Gasteiger partial charge in [0.25, 0.3) is 0 Å². The van der Waals surface area contributed by atoms with Gasteiger partial charge in [0.1, 0.15) is 11.4 Å². The van der Waals surface area contributed by atoms with E-state index in [9.17, 15) is 23.6 Å². The summed E-state index contributed by atoms with van der Waals surface area (Å²) >= 11 is 0. The molecule has 4 atom stereocenters. The number of methoxy groups -OCH3 is 1. The van der Waals surface area contributed by atoms with Gasteiger partial charge in [-0.05, 0) is 24.6 Å². The normalized spacial score (nSPS) is 30.1. The number of amides is 3. The quantitative estimate of drug-likeness (QED) is 0.572. The Morgan fingerprint density at radius 3 is 2.76 bits per heavy atom. The third kappa shape index (κ3) is 2.74. The first-order chi connectivity index (χ1) is 13.8. The molecule has 3 N–H and O–H groups in total. The van der Waals surface area contributed by atoms with Gasteiger partial charge in [0, 0.05) is 30.8 Å². The lowest BCUT2D eigenvalue weighted by atomic mass is 9.76. The molecule has 10 heteroatoms. The van der Waals surface area contributed by atoms with Gasteiger partial charge in [-0.1, -0.05) is 0 Å². The van der Waals surface area contributed by atoms with Crippen molar-refractivity contribution in [2.45, 2.75) is 24.4 Å². The van der Waals surface area contributed by atoms with Crippen molar-refractivity contribution in [3.05, 3.63) is 29.6 Å². The number of likely N-dealkylation sites (tertiary alicyclic amines) is 1. The highest BCUT2D eigenvalue weighted by atomic mass is 19.1. The van der Waals surface area contributed by atoms with Crippen molar-refractivity contribution in [3.8, 4) is 0 Å². The number of anilines is 1. The monoisotopic (exact) mass is 405 g/mol. The molecule has 3 amide bonds. The molecule has 0 radical (unpaired) electrons. The number of carboxylic acids is 1. The highest BCUT2D eigenvalue weighted by Crippen LogP contribution is 2.53. The van der Waals surface area contributed by atoms with Gasteiger partial charge in [-0.15, -0.1) is 0 Å². The minimum atomic E-state index is -1.63. The Labute approximate surface area is 165 Å². The van der Waals surface area contributed by atoms with Crippen LogP contribution < -0.4 is 10.6 Å². The third-order valence-electron chi connectivity index (χ3n) is 5.96. The zero-order valence-corrected chi connectivity index (χ0v) is 15.6. The molecule has 3 aliphatic heterocycles. The number of nitrogens with zero attached hydrogens (tertiary/aromatic N) is 1. The van der Waals surface area contributed by atoms with Crippen LogP contribution in [-0.4, -0.2) is 60.0 Å². The van der Waals surface area contributed by atoms with Gasteiger partial charge in [0.2, 0.25) is 17.7 Å². The first-order valence-corrected chi connectivity index (χ1v) is 9.26. The van der Waals surface area contributed by atoms with E-state index in [0.29, 0.717) is 5.69 Å². The second kappa shape index (κ2) is 6.89. The second-order valence-electron chi connectivity index (χ2n) is 7.46. The predicted octanol–water partition coefficient (Wildman–Crippen LogP) is 0.0573. The molecule has 9 nitrogen and oxygen atoms in total. The average molecular weight is 405 g/mol. The molecule has 2 fully saturated rings. The number of hydrogen-bond donors (Lipinski definition) is 3. The van der Waals surface area contributed by atoms with Crippen LogP contribution in [0.2, 0.25) is 0 Å². The van der Waals surface area contributed by atoms with E-state index < -0.39 is 52.9 Å². The summed E-state index contributed by atoms with van der Waals surface area (Å²) in [4.78, 5) is 51.4. The van der Waals surface area contributed by atoms with Crippen LogP contribution in [-0.2, 0) is 29.5 Å². The van der Waals surface area contributed by atoms with Crippen LogP contribution in [0.25, 0.3) is 0 Å². The van der Waals surface area contributed by atoms with Crippen molar-refractivity contribution in [2.75, 3.05) is 25.6 Å². The Morgan fingerprint density at radius 1 is 1.31 bits per heavy atom. The van der Waals surface area contributed by atoms with E-state index in [1.54, 1.807) is 0 Å². The fraction of sp³-hybridized carbons (Fsp3) is 0.474. The van der Waals surface area contributed by atoms with Crippen LogP contribution in [0.15, 0.2) is 18.2 Å². The third-order valence-corrected chi connectivity index (χ3v) is 5.96. The molecule has 0 saturated carbocycles. The van der Waals surface area contributed by atoms with Crippen LogP contribution in [0.4, 0.5) is 10.1 Å². The number of imide groups is 1. The van der Waals surface area contributed by atoms with E-state index >= 15 is 0 Å².